The van der Waals surface area contributed by atoms with Crippen molar-refractivity contribution >= 4 is 22.8 Å². The Hall–Kier alpha value is -1.07. The van der Waals surface area contributed by atoms with Gasteiger partial charge in [0.2, 0.25) is 0 Å². The summed E-state index contributed by atoms with van der Waals surface area (Å²) in [5.41, 5.74) is 1.79. The lowest BCUT2D eigenvalue weighted by Gasteiger charge is -2.23. The number of halogens is 1. The molecule has 3 nitrogen and oxygen atoms in total. The molecular weight excluding hydrogens is 261 g/mol. The van der Waals surface area contributed by atoms with Crippen LogP contribution < -0.4 is 5.32 Å². The van der Waals surface area contributed by atoms with E-state index in [-0.39, 0.29) is 5.82 Å². The van der Waals surface area contributed by atoms with Crippen LogP contribution in [0.5, 0.6) is 0 Å². The van der Waals surface area contributed by atoms with Gasteiger partial charge in [-0.2, -0.15) is 11.8 Å². The second-order valence-electron chi connectivity index (χ2n) is 4.84. The maximum Gasteiger partial charge on any atom is 0.125 e. The number of aryl methyl sites for hydroxylation is 1. The zero-order valence-corrected chi connectivity index (χ0v) is 11.8. The maximum absolute atomic E-state index is 13.3. The summed E-state index contributed by atoms with van der Waals surface area (Å²) in [4.78, 5) is 4.61. The normalized spacial score (nSPS) is 20.0. The fourth-order valence-corrected chi connectivity index (χ4v) is 3.58. The predicted molar refractivity (Wildman–Crippen MR) is 78.2 cm³/mol. The standard InChI is InChI=1S/C14H18FN3S/c1-2-18-13-4-3-10(15)7-12(13)17-14(18)8-11-9-19-6-5-16-11/h3-4,7,11,16H,2,5-6,8-9H2,1H3. The Morgan fingerprint density at radius 3 is 3.16 bits per heavy atom. The number of hydrogen-bond donors (Lipinski definition) is 1. The molecule has 0 amide bonds. The van der Waals surface area contributed by atoms with Crippen molar-refractivity contribution in [3.8, 4) is 0 Å². The highest BCUT2D eigenvalue weighted by molar-refractivity contribution is 7.99. The lowest BCUT2D eigenvalue weighted by molar-refractivity contribution is 0.537. The van der Waals surface area contributed by atoms with Crippen LogP contribution in [0.2, 0.25) is 0 Å². The third-order valence-corrected chi connectivity index (χ3v) is 4.66. The second kappa shape index (κ2) is 5.51. The van der Waals surface area contributed by atoms with Gasteiger partial charge in [0.05, 0.1) is 11.0 Å². The number of hydrogen-bond acceptors (Lipinski definition) is 3. The van der Waals surface area contributed by atoms with E-state index in [2.05, 4.69) is 21.8 Å². The van der Waals surface area contributed by atoms with Gasteiger partial charge < -0.3 is 9.88 Å². The lowest BCUT2D eigenvalue weighted by atomic mass is 10.2. The Morgan fingerprint density at radius 2 is 2.42 bits per heavy atom. The first-order valence-electron chi connectivity index (χ1n) is 6.73. The van der Waals surface area contributed by atoms with Crippen molar-refractivity contribution in [2.75, 3.05) is 18.1 Å². The summed E-state index contributed by atoms with van der Waals surface area (Å²) in [5.74, 6) is 3.15. The lowest BCUT2D eigenvalue weighted by Crippen LogP contribution is -2.39. The van der Waals surface area contributed by atoms with Gasteiger partial charge in [0, 0.05) is 43.1 Å². The van der Waals surface area contributed by atoms with E-state index in [1.807, 2.05) is 17.8 Å². The van der Waals surface area contributed by atoms with E-state index in [4.69, 9.17) is 0 Å². The number of aromatic nitrogens is 2. The van der Waals surface area contributed by atoms with Crippen molar-refractivity contribution in [3.63, 3.8) is 0 Å². The third kappa shape index (κ3) is 2.62. The molecule has 0 aliphatic carbocycles. The predicted octanol–water partition coefficient (Wildman–Crippen LogP) is 2.44. The van der Waals surface area contributed by atoms with Gasteiger partial charge in [-0.05, 0) is 19.1 Å². The first-order valence-corrected chi connectivity index (χ1v) is 7.89. The second-order valence-corrected chi connectivity index (χ2v) is 5.99. The molecule has 0 spiro atoms. The molecule has 1 aliphatic rings. The molecule has 2 aromatic rings. The van der Waals surface area contributed by atoms with Gasteiger partial charge >= 0.3 is 0 Å². The molecule has 19 heavy (non-hydrogen) atoms. The van der Waals surface area contributed by atoms with Crippen LogP contribution in [0, 0.1) is 5.82 Å². The molecule has 102 valence electrons. The van der Waals surface area contributed by atoms with Gasteiger partial charge in [0.25, 0.3) is 0 Å². The van der Waals surface area contributed by atoms with Crippen molar-refractivity contribution < 1.29 is 4.39 Å². The minimum atomic E-state index is -0.217. The van der Waals surface area contributed by atoms with Crippen LogP contribution in [0.4, 0.5) is 4.39 Å². The molecule has 5 heteroatoms. The van der Waals surface area contributed by atoms with Crippen molar-refractivity contribution in [3.05, 3.63) is 29.8 Å². The molecule has 3 rings (SSSR count). The quantitative estimate of drug-likeness (QED) is 0.936. The Balaban J connectivity index is 1.93. The molecule has 0 bridgehead atoms. The van der Waals surface area contributed by atoms with E-state index in [1.54, 1.807) is 0 Å². The molecule has 2 heterocycles. The van der Waals surface area contributed by atoms with Crippen molar-refractivity contribution in [1.82, 2.24) is 14.9 Å². The number of nitrogens with zero attached hydrogens (tertiary/aromatic N) is 2. The molecular formula is C14H18FN3S. The Bertz CT molecular complexity index is 575. The van der Waals surface area contributed by atoms with E-state index >= 15 is 0 Å². The number of rotatable bonds is 3. The van der Waals surface area contributed by atoms with E-state index in [0.717, 1.165) is 42.1 Å². The van der Waals surface area contributed by atoms with E-state index in [0.29, 0.717) is 6.04 Å². The highest BCUT2D eigenvalue weighted by Gasteiger charge is 2.18. The fraction of sp³-hybridized carbons (Fsp3) is 0.500. The summed E-state index contributed by atoms with van der Waals surface area (Å²) < 4.78 is 15.5. The van der Waals surface area contributed by atoms with Crippen molar-refractivity contribution in [1.29, 1.82) is 0 Å². The number of benzene rings is 1. The topological polar surface area (TPSA) is 29.9 Å². The van der Waals surface area contributed by atoms with Gasteiger partial charge in [0.1, 0.15) is 11.6 Å². The Kier molecular flexibility index (Phi) is 3.75. The largest absolute Gasteiger partial charge is 0.328 e. The smallest absolute Gasteiger partial charge is 0.125 e. The number of nitrogens with one attached hydrogen (secondary N) is 1. The number of thioether (sulfide) groups is 1. The average molecular weight is 279 g/mol. The number of fused-ring (bicyclic) bond motifs is 1. The van der Waals surface area contributed by atoms with Crippen LogP contribution in [-0.4, -0.2) is 33.6 Å². The summed E-state index contributed by atoms with van der Waals surface area (Å²) in [6.45, 7) is 4.05. The summed E-state index contributed by atoms with van der Waals surface area (Å²) in [6.07, 6.45) is 0.914. The summed E-state index contributed by atoms with van der Waals surface area (Å²) >= 11 is 1.99. The van der Waals surface area contributed by atoms with Crippen LogP contribution in [0.1, 0.15) is 12.7 Å². The molecule has 1 saturated heterocycles. The van der Waals surface area contributed by atoms with E-state index in [1.165, 1.54) is 17.9 Å². The average Bonchev–Trinajstić information content (AvgIpc) is 2.76. The van der Waals surface area contributed by atoms with Crippen LogP contribution in [-0.2, 0) is 13.0 Å². The Labute approximate surface area is 116 Å². The first-order chi connectivity index (χ1) is 9.28. The molecule has 0 saturated carbocycles. The van der Waals surface area contributed by atoms with E-state index in [9.17, 15) is 4.39 Å². The summed E-state index contributed by atoms with van der Waals surface area (Å²) in [6, 6.07) is 5.34. The van der Waals surface area contributed by atoms with Crippen molar-refractivity contribution in [2.45, 2.75) is 25.9 Å². The van der Waals surface area contributed by atoms with Gasteiger partial charge in [0.15, 0.2) is 0 Å². The minimum absolute atomic E-state index is 0.217. The van der Waals surface area contributed by atoms with Gasteiger partial charge in [-0.25, -0.2) is 9.37 Å². The molecule has 1 atom stereocenters. The van der Waals surface area contributed by atoms with Crippen LogP contribution in [0.25, 0.3) is 11.0 Å². The highest BCUT2D eigenvalue weighted by Crippen LogP contribution is 2.20. The molecule has 1 aromatic carbocycles. The highest BCUT2D eigenvalue weighted by atomic mass is 32.2. The van der Waals surface area contributed by atoms with Crippen molar-refractivity contribution in [2.24, 2.45) is 0 Å². The van der Waals surface area contributed by atoms with Crippen LogP contribution in [0.3, 0.4) is 0 Å². The third-order valence-electron chi connectivity index (χ3n) is 3.53. The Morgan fingerprint density at radius 1 is 1.53 bits per heavy atom. The van der Waals surface area contributed by atoms with Gasteiger partial charge in [-0.15, -0.1) is 0 Å². The van der Waals surface area contributed by atoms with Crippen LogP contribution >= 0.6 is 11.8 Å². The molecule has 1 N–H and O–H groups in total. The summed E-state index contributed by atoms with van der Waals surface area (Å²) in [7, 11) is 0. The summed E-state index contributed by atoms with van der Waals surface area (Å²) in [5, 5.41) is 3.53. The zero-order chi connectivity index (χ0) is 13.2. The molecule has 0 radical (unpaired) electrons. The minimum Gasteiger partial charge on any atom is -0.328 e. The molecule has 1 unspecified atom stereocenters. The molecule has 1 fully saturated rings. The van der Waals surface area contributed by atoms with Crippen LogP contribution in [0.15, 0.2) is 18.2 Å². The zero-order valence-electron chi connectivity index (χ0n) is 11.0. The molecule has 1 aromatic heterocycles. The fourth-order valence-electron chi connectivity index (χ4n) is 2.63. The molecule has 1 aliphatic heterocycles. The van der Waals surface area contributed by atoms with Gasteiger partial charge in [-0.3, -0.25) is 0 Å². The van der Waals surface area contributed by atoms with E-state index < -0.39 is 0 Å². The van der Waals surface area contributed by atoms with Gasteiger partial charge in [-0.1, -0.05) is 0 Å². The first kappa shape index (κ1) is 12.9. The number of imidazole rings is 1. The monoisotopic (exact) mass is 279 g/mol. The SMILES string of the molecule is CCn1c(CC2CSCCN2)nc2cc(F)ccc21. The maximum atomic E-state index is 13.3.